The Kier molecular flexibility index (Phi) is 3.20. The van der Waals surface area contributed by atoms with Gasteiger partial charge in [0.25, 0.3) is 0 Å². The van der Waals surface area contributed by atoms with Crippen molar-refractivity contribution in [1.82, 2.24) is 9.97 Å². The third kappa shape index (κ3) is 2.03. The maximum atomic E-state index is 4.45. The van der Waals surface area contributed by atoms with Crippen LogP contribution in [0.15, 0.2) is 6.20 Å². The van der Waals surface area contributed by atoms with Gasteiger partial charge in [0.2, 0.25) is 0 Å². The third-order valence-electron chi connectivity index (χ3n) is 1.87. The van der Waals surface area contributed by atoms with Gasteiger partial charge in [-0.25, -0.2) is 0 Å². The summed E-state index contributed by atoms with van der Waals surface area (Å²) in [6.45, 7) is 6.28. The first-order valence-corrected chi connectivity index (χ1v) is 4.59. The van der Waals surface area contributed by atoms with Gasteiger partial charge in [0.05, 0.1) is 17.1 Å². The Morgan fingerprint density at radius 1 is 1.25 bits per heavy atom. The molecule has 1 aromatic rings. The molecule has 2 heteroatoms. The predicted octanol–water partition coefficient (Wildman–Crippen LogP) is 2.30. The van der Waals surface area contributed by atoms with Gasteiger partial charge >= 0.3 is 0 Å². The summed E-state index contributed by atoms with van der Waals surface area (Å²) in [5.74, 6) is 0. The van der Waals surface area contributed by atoms with Crippen LogP contribution in [-0.4, -0.2) is 9.97 Å². The molecule has 0 aliphatic rings. The summed E-state index contributed by atoms with van der Waals surface area (Å²) in [5, 5.41) is 0. The molecule has 66 valence electrons. The first kappa shape index (κ1) is 9.17. The minimum absolute atomic E-state index is 0.990. The summed E-state index contributed by atoms with van der Waals surface area (Å²) in [7, 11) is 0. The van der Waals surface area contributed by atoms with Crippen molar-refractivity contribution in [2.24, 2.45) is 0 Å². The Morgan fingerprint density at radius 3 is 2.58 bits per heavy atom. The van der Waals surface area contributed by atoms with Gasteiger partial charge in [-0.15, -0.1) is 0 Å². The topological polar surface area (TPSA) is 25.8 Å². The Hall–Kier alpha value is -0.920. The van der Waals surface area contributed by atoms with Crippen LogP contribution in [0.3, 0.4) is 0 Å². The van der Waals surface area contributed by atoms with E-state index in [1.54, 1.807) is 0 Å². The highest BCUT2D eigenvalue weighted by molar-refractivity contribution is 5.13. The van der Waals surface area contributed by atoms with Crippen LogP contribution < -0.4 is 0 Å². The highest BCUT2D eigenvalue weighted by Crippen LogP contribution is 2.06. The van der Waals surface area contributed by atoms with E-state index in [0.717, 1.165) is 30.7 Å². The second-order valence-electron chi connectivity index (χ2n) is 3.01. The minimum atomic E-state index is 0.990. The number of hydrogen-bond acceptors (Lipinski definition) is 2. The Morgan fingerprint density at radius 2 is 2.00 bits per heavy atom. The van der Waals surface area contributed by atoms with Crippen LogP contribution in [-0.2, 0) is 12.8 Å². The second kappa shape index (κ2) is 4.19. The molecule has 0 aliphatic carbocycles. The Bertz CT molecular complexity index is 256. The molecule has 1 rings (SSSR count). The SMILES string of the molecule is CCCc1ncc(C)nc1CC. The molecule has 0 aliphatic heterocycles. The van der Waals surface area contributed by atoms with E-state index in [9.17, 15) is 0 Å². The molecule has 0 amide bonds. The zero-order valence-electron chi connectivity index (χ0n) is 8.09. The number of aromatic nitrogens is 2. The average molecular weight is 164 g/mol. The van der Waals surface area contributed by atoms with Crippen molar-refractivity contribution in [2.45, 2.75) is 40.0 Å². The molecule has 1 aromatic heterocycles. The Balaban J connectivity index is 2.94. The molecule has 1 heterocycles. The molecule has 0 saturated heterocycles. The molecule has 0 radical (unpaired) electrons. The lowest BCUT2D eigenvalue weighted by Crippen LogP contribution is -2.01. The monoisotopic (exact) mass is 164 g/mol. The van der Waals surface area contributed by atoms with Gasteiger partial charge in [0.15, 0.2) is 0 Å². The standard InChI is InChI=1S/C10H16N2/c1-4-6-10-9(5-2)12-8(3)7-11-10/h7H,4-6H2,1-3H3. The summed E-state index contributed by atoms with van der Waals surface area (Å²) in [4.78, 5) is 8.82. The van der Waals surface area contributed by atoms with E-state index in [4.69, 9.17) is 0 Å². The average Bonchev–Trinajstić information content (AvgIpc) is 2.08. The van der Waals surface area contributed by atoms with Crippen molar-refractivity contribution in [3.05, 3.63) is 23.3 Å². The van der Waals surface area contributed by atoms with Crippen LogP contribution in [0, 0.1) is 6.92 Å². The first-order chi connectivity index (χ1) is 5.77. The molecule has 0 N–H and O–H groups in total. The van der Waals surface area contributed by atoms with Gasteiger partial charge in [-0.2, -0.15) is 0 Å². The van der Waals surface area contributed by atoms with Crippen LogP contribution in [0.4, 0.5) is 0 Å². The highest BCUT2D eigenvalue weighted by atomic mass is 14.8. The molecule has 0 unspecified atom stereocenters. The molecular formula is C10H16N2. The summed E-state index contributed by atoms with van der Waals surface area (Å²) in [6, 6.07) is 0. The number of nitrogens with zero attached hydrogens (tertiary/aromatic N) is 2. The zero-order valence-corrected chi connectivity index (χ0v) is 8.09. The number of aryl methyl sites for hydroxylation is 3. The fraction of sp³-hybridized carbons (Fsp3) is 0.600. The van der Waals surface area contributed by atoms with Crippen molar-refractivity contribution >= 4 is 0 Å². The highest BCUT2D eigenvalue weighted by Gasteiger charge is 2.02. The number of hydrogen-bond donors (Lipinski definition) is 0. The largest absolute Gasteiger partial charge is 0.258 e. The molecule has 12 heavy (non-hydrogen) atoms. The molecule has 0 aromatic carbocycles. The van der Waals surface area contributed by atoms with E-state index in [-0.39, 0.29) is 0 Å². The number of rotatable bonds is 3. The summed E-state index contributed by atoms with van der Waals surface area (Å²) >= 11 is 0. The van der Waals surface area contributed by atoms with Crippen molar-refractivity contribution in [3.63, 3.8) is 0 Å². The maximum absolute atomic E-state index is 4.45. The maximum Gasteiger partial charge on any atom is 0.0619 e. The fourth-order valence-corrected chi connectivity index (χ4v) is 1.28. The lowest BCUT2D eigenvalue weighted by atomic mass is 10.1. The van der Waals surface area contributed by atoms with Crippen molar-refractivity contribution in [3.8, 4) is 0 Å². The van der Waals surface area contributed by atoms with Crippen LogP contribution in [0.5, 0.6) is 0 Å². The van der Waals surface area contributed by atoms with Gasteiger partial charge in [-0.1, -0.05) is 20.3 Å². The smallest absolute Gasteiger partial charge is 0.0619 e. The van der Waals surface area contributed by atoms with Crippen LogP contribution in [0.25, 0.3) is 0 Å². The molecule has 0 bridgehead atoms. The lowest BCUT2D eigenvalue weighted by Gasteiger charge is -2.04. The van der Waals surface area contributed by atoms with E-state index in [2.05, 4.69) is 23.8 Å². The van der Waals surface area contributed by atoms with Crippen LogP contribution in [0.1, 0.15) is 37.4 Å². The van der Waals surface area contributed by atoms with Gasteiger partial charge < -0.3 is 0 Å². The zero-order chi connectivity index (χ0) is 8.97. The minimum Gasteiger partial charge on any atom is -0.258 e. The van der Waals surface area contributed by atoms with E-state index >= 15 is 0 Å². The van der Waals surface area contributed by atoms with E-state index in [1.165, 1.54) is 5.69 Å². The van der Waals surface area contributed by atoms with Crippen LogP contribution >= 0.6 is 0 Å². The van der Waals surface area contributed by atoms with Gasteiger partial charge in [-0.05, 0) is 19.8 Å². The van der Waals surface area contributed by atoms with E-state index in [1.807, 2.05) is 13.1 Å². The van der Waals surface area contributed by atoms with Crippen LogP contribution in [0.2, 0.25) is 0 Å². The molecule has 0 saturated carbocycles. The van der Waals surface area contributed by atoms with Gasteiger partial charge in [0, 0.05) is 6.20 Å². The van der Waals surface area contributed by atoms with Crippen molar-refractivity contribution in [2.75, 3.05) is 0 Å². The van der Waals surface area contributed by atoms with Gasteiger partial charge in [-0.3, -0.25) is 9.97 Å². The molecule has 0 atom stereocenters. The summed E-state index contributed by atoms with van der Waals surface area (Å²) in [6.07, 6.45) is 5.04. The molecule has 0 fully saturated rings. The van der Waals surface area contributed by atoms with Crippen molar-refractivity contribution < 1.29 is 0 Å². The summed E-state index contributed by atoms with van der Waals surface area (Å²) < 4.78 is 0. The second-order valence-corrected chi connectivity index (χ2v) is 3.01. The first-order valence-electron chi connectivity index (χ1n) is 4.59. The van der Waals surface area contributed by atoms with Crippen molar-refractivity contribution in [1.29, 1.82) is 0 Å². The van der Waals surface area contributed by atoms with E-state index < -0.39 is 0 Å². The Labute approximate surface area is 74.1 Å². The lowest BCUT2D eigenvalue weighted by molar-refractivity contribution is 0.822. The third-order valence-corrected chi connectivity index (χ3v) is 1.87. The fourth-order valence-electron chi connectivity index (χ4n) is 1.28. The molecular weight excluding hydrogens is 148 g/mol. The normalized spacial score (nSPS) is 10.2. The van der Waals surface area contributed by atoms with Gasteiger partial charge in [0.1, 0.15) is 0 Å². The van der Waals surface area contributed by atoms with E-state index in [0.29, 0.717) is 0 Å². The quantitative estimate of drug-likeness (QED) is 0.685. The molecule has 0 spiro atoms. The summed E-state index contributed by atoms with van der Waals surface area (Å²) in [5.41, 5.74) is 3.36. The molecule has 2 nitrogen and oxygen atoms in total. The predicted molar refractivity (Wildman–Crippen MR) is 50.1 cm³/mol.